The normalized spacial score (nSPS) is 32.2. The predicted octanol–water partition coefficient (Wildman–Crippen LogP) is 2.56. The van der Waals surface area contributed by atoms with Crippen LogP contribution in [0.25, 0.3) is 0 Å². The number of hydrogen-bond acceptors (Lipinski definition) is 2. The van der Waals surface area contributed by atoms with Crippen molar-refractivity contribution in [2.45, 2.75) is 69.9 Å². The molecule has 1 saturated heterocycles. The van der Waals surface area contributed by atoms with Gasteiger partial charge in [-0.15, -0.1) is 0 Å². The van der Waals surface area contributed by atoms with Crippen LogP contribution >= 0.6 is 0 Å². The van der Waals surface area contributed by atoms with Gasteiger partial charge in [0.05, 0.1) is 6.10 Å². The molecule has 2 aliphatic rings. The van der Waals surface area contributed by atoms with Crippen molar-refractivity contribution in [3.05, 3.63) is 0 Å². The summed E-state index contributed by atoms with van der Waals surface area (Å²) in [6.07, 6.45) is 12.0. The molecule has 1 atom stereocenters. The maximum Gasteiger partial charge on any atom is 0.0667 e. The Balaban J connectivity index is 1.83. The van der Waals surface area contributed by atoms with Crippen LogP contribution in [0.15, 0.2) is 0 Å². The molecule has 1 heterocycles. The van der Waals surface area contributed by atoms with E-state index in [4.69, 9.17) is 0 Å². The number of aliphatic hydroxyl groups excluding tert-OH is 1. The summed E-state index contributed by atoms with van der Waals surface area (Å²) in [7, 11) is 0. The van der Waals surface area contributed by atoms with Crippen molar-refractivity contribution >= 4 is 0 Å². The Morgan fingerprint density at radius 1 is 0.800 bits per heavy atom. The smallest absolute Gasteiger partial charge is 0.0667 e. The third kappa shape index (κ3) is 3.46. The molecule has 0 aromatic rings. The van der Waals surface area contributed by atoms with E-state index >= 15 is 0 Å². The van der Waals surface area contributed by atoms with Crippen molar-refractivity contribution in [3.8, 4) is 0 Å². The van der Waals surface area contributed by atoms with Crippen LogP contribution in [0.4, 0.5) is 0 Å². The van der Waals surface area contributed by atoms with Crippen LogP contribution in [0, 0.1) is 0 Å². The van der Waals surface area contributed by atoms with Gasteiger partial charge >= 0.3 is 0 Å². The third-order valence-electron chi connectivity index (χ3n) is 4.02. The van der Waals surface area contributed by atoms with Crippen LogP contribution in [-0.4, -0.2) is 35.2 Å². The quantitative estimate of drug-likeness (QED) is 0.720. The second-order valence-corrected chi connectivity index (χ2v) is 5.29. The molecule has 0 aromatic heterocycles. The van der Waals surface area contributed by atoms with Crippen molar-refractivity contribution < 1.29 is 5.11 Å². The molecular weight excluding hydrogens is 186 g/mol. The molecule has 88 valence electrons. The van der Waals surface area contributed by atoms with E-state index in [1.807, 2.05) is 0 Å². The molecule has 1 aliphatic heterocycles. The van der Waals surface area contributed by atoms with Crippen LogP contribution in [-0.2, 0) is 0 Å². The zero-order chi connectivity index (χ0) is 10.5. The fraction of sp³-hybridized carbons (Fsp3) is 1.00. The Morgan fingerprint density at radius 3 is 2.13 bits per heavy atom. The summed E-state index contributed by atoms with van der Waals surface area (Å²) in [6.45, 7) is 2.16. The Kier molecular flexibility index (Phi) is 4.45. The van der Waals surface area contributed by atoms with E-state index in [2.05, 4.69) is 4.90 Å². The molecule has 0 unspecified atom stereocenters. The van der Waals surface area contributed by atoms with Crippen molar-refractivity contribution in [2.75, 3.05) is 13.1 Å². The molecule has 0 radical (unpaired) electrons. The molecular formula is C13H25NO. The summed E-state index contributed by atoms with van der Waals surface area (Å²) in [5.74, 6) is 0. The number of hydrogen-bond donors (Lipinski definition) is 1. The topological polar surface area (TPSA) is 23.5 Å². The van der Waals surface area contributed by atoms with Crippen molar-refractivity contribution in [2.24, 2.45) is 0 Å². The highest BCUT2D eigenvalue weighted by atomic mass is 16.3. The molecule has 2 fully saturated rings. The average Bonchev–Trinajstić information content (AvgIpc) is 2.16. The van der Waals surface area contributed by atoms with Crippen LogP contribution in [0.1, 0.15) is 57.8 Å². The first-order valence-electron chi connectivity index (χ1n) is 6.78. The Labute approximate surface area is 93.7 Å². The second kappa shape index (κ2) is 5.86. The highest BCUT2D eigenvalue weighted by Gasteiger charge is 2.24. The molecule has 2 heteroatoms. The molecule has 0 aromatic carbocycles. The summed E-state index contributed by atoms with van der Waals surface area (Å²) < 4.78 is 0. The standard InChI is InChI=1S/C13H25NO/c15-13-9-6-10-14(11-13)12-7-4-2-1-3-5-8-12/h12-13,15H,1-11H2/t13-/m0/s1. The summed E-state index contributed by atoms with van der Waals surface area (Å²) in [5.41, 5.74) is 0. The number of aliphatic hydroxyl groups is 1. The lowest BCUT2D eigenvalue weighted by atomic mass is 9.94. The molecule has 1 saturated carbocycles. The maximum atomic E-state index is 9.69. The minimum Gasteiger partial charge on any atom is -0.392 e. The van der Waals surface area contributed by atoms with Crippen LogP contribution in [0.3, 0.4) is 0 Å². The fourth-order valence-electron chi connectivity index (χ4n) is 3.11. The second-order valence-electron chi connectivity index (χ2n) is 5.29. The lowest BCUT2D eigenvalue weighted by Gasteiger charge is -2.37. The van der Waals surface area contributed by atoms with Gasteiger partial charge in [0.1, 0.15) is 0 Å². The summed E-state index contributed by atoms with van der Waals surface area (Å²) in [4.78, 5) is 2.56. The molecule has 0 spiro atoms. The zero-order valence-electron chi connectivity index (χ0n) is 9.83. The third-order valence-corrected chi connectivity index (χ3v) is 4.02. The van der Waals surface area contributed by atoms with E-state index in [9.17, 15) is 5.11 Å². The minimum atomic E-state index is -0.0517. The molecule has 0 amide bonds. The number of β-amino-alcohol motifs (C(OH)–C–C–N with tert-alkyl or cyclic N) is 1. The van der Waals surface area contributed by atoms with E-state index in [1.54, 1.807) is 0 Å². The highest BCUT2D eigenvalue weighted by molar-refractivity contribution is 4.79. The first kappa shape index (κ1) is 11.4. The minimum absolute atomic E-state index is 0.0517. The Morgan fingerprint density at radius 2 is 1.47 bits per heavy atom. The zero-order valence-corrected chi connectivity index (χ0v) is 9.83. The largest absolute Gasteiger partial charge is 0.392 e. The number of piperidine rings is 1. The van der Waals surface area contributed by atoms with Crippen LogP contribution < -0.4 is 0 Å². The van der Waals surface area contributed by atoms with E-state index in [0.717, 1.165) is 19.0 Å². The lowest BCUT2D eigenvalue weighted by molar-refractivity contribution is 0.0392. The SMILES string of the molecule is O[C@H]1CCCN(C2CCCCCCC2)C1. The van der Waals surface area contributed by atoms with Crippen molar-refractivity contribution in [1.29, 1.82) is 0 Å². The molecule has 2 rings (SSSR count). The molecule has 1 N–H and O–H groups in total. The van der Waals surface area contributed by atoms with Gasteiger partial charge in [-0.25, -0.2) is 0 Å². The monoisotopic (exact) mass is 211 g/mol. The molecule has 1 aliphatic carbocycles. The predicted molar refractivity (Wildman–Crippen MR) is 62.9 cm³/mol. The summed E-state index contributed by atoms with van der Waals surface area (Å²) in [5, 5.41) is 9.69. The van der Waals surface area contributed by atoms with Gasteiger partial charge in [0.15, 0.2) is 0 Å². The van der Waals surface area contributed by atoms with Gasteiger partial charge in [0.25, 0.3) is 0 Å². The van der Waals surface area contributed by atoms with Crippen LogP contribution in [0.2, 0.25) is 0 Å². The maximum absolute atomic E-state index is 9.69. The van der Waals surface area contributed by atoms with E-state index in [-0.39, 0.29) is 6.10 Å². The lowest BCUT2D eigenvalue weighted by Crippen LogP contribution is -2.44. The molecule has 2 nitrogen and oxygen atoms in total. The van der Waals surface area contributed by atoms with Gasteiger partial charge in [0, 0.05) is 12.6 Å². The van der Waals surface area contributed by atoms with Crippen molar-refractivity contribution in [1.82, 2.24) is 4.90 Å². The van der Waals surface area contributed by atoms with Gasteiger partial charge in [0.2, 0.25) is 0 Å². The van der Waals surface area contributed by atoms with Crippen LogP contribution in [0.5, 0.6) is 0 Å². The number of rotatable bonds is 1. The van der Waals surface area contributed by atoms with Gasteiger partial charge in [-0.05, 0) is 32.2 Å². The van der Waals surface area contributed by atoms with Gasteiger partial charge in [-0.2, -0.15) is 0 Å². The number of nitrogens with zero attached hydrogens (tertiary/aromatic N) is 1. The van der Waals surface area contributed by atoms with E-state index in [0.29, 0.717) is 0 Å². The fourth-order valence-corrected chi connectivity index (χ4v) is 3.11. The van der Waals surface area contributed by atoms with Gasteiger partial charge in [-0.1, -0.05) is 32.1 Å². The Bertz CT molecular complexity index is 175. The average molecular weight is 211 g/mol. The van der Waals surface area contributed by atoms with Gasteiger partial charge in [-0.3, -0.25) is 4.90 Å². The first-order chi connectivity index (χ1) is 7.36. The summed E-state index contributed by atoms with van der Waals surface area (Å²) >= 11 is 0. The van der Waals surface area contributed by atoms with Gasteiger partial charge < -0.3 is 5.11 Å². The summed E-state index contributed by atoms with van der Waals surface area (Å²) in [6, 6.07) is 0.778. The van der Waals surface area contributed by atoms with E-state index < -0.39 is 0 Å². The molecule has 0 bridgehead atoms. The highest BCUT2D eigenvalue weighted by Crippen LogP contribution is 2.24. The number of likely N-dealkylation sites (tertiary alicyclic amines) is 1. The molecule has 15 heavy (non-hydrogen) atoms. The first-order valence-corrected chi connectivity index (χ1v) is 6.78. The van der Waals surface area contributed by atoms with Crippen molar-refractivity contribution in [3.63, 3.8) is 0 Å². The Hall–Kier alpha value is -0.0800. The van der Waals surface area contributed by atoms with E-state index in [1.165, 1.54) is 57.9 Å².